The van der Waals surface area contributed by atoms with E-state index in [9.17, 15) is 17.6 Å². The van der Waals surface area contributed by atoms with Gasteiger partial charge in [-0.05, 0) is 36.4 Å². The first-order valence-corrected chi connectivity index (χ1v) is 10.4. The molecule has 6 nitrogen and oxygen atoms in total. The summed E-state index contributed by atoms with van der Waals surface area (Å²) >= 11 is 9.06. The van der Waals surface area contributed by atoms with Gasteiger partial charge < -0.3 is 10.1 Å². The van der Waals surface area contributed by atoms with Crippen molar-refractivity contribution in [3.05, 3.63) is 51.7 Å². The number of benzene rings is 2. The van der Waals surface area contributed by atoms with Gasteiger partial charge >= 0.3 is 0 Å². The number of nitrogens with one attached hydrogen (secondary N) is 1. The quantitative estimate of drug-likeness (QED) is 0.757. The van der Waals surface area contributed by atoms with Crippen molar-refractivity contribution in [1.82, 2.24) is 0 Å². The zero-order valence-corrected chi connectivity index (χ0v) is 16.5. The first kappa shape index (κ1) is 18.9. The Labute approximate surface area is 163 Å². The van der Waals surface area contributed by atoms with E-state index in [-0.39, 0.29) is 23.7 Å². The van der Waals surface area contributed by atoms with Gasteiger partial charge in [0.15, 0.2) is 6.10 Å². The molecule has 1 N–H and O–H groups in total. The largest absolute Gasteiger partial charge is 0.476 e. The third-order valence-electron chi connectivity index (χ3n) is 3.67. The van der Waals surface area contributed by atoms with Crippen molar-refractivity contribution in [1.29, 1.82) is 0 Å². The molecule has 1 heterocycles. The van der Waals surface area contributed by atoms with Crippen LogP contribution in [0.25, 0.3) is 0 Å². The van der Waals surface area contributed by atoms with Crippen molar-refractivity contribution in [2.75, 3.05) is 22.4 Å². The van der Waals surface area contributed by atoms with Gasteiger partial charge in [-0.15, -0.1) is 0 Å². The van der Waals surface area contributed by atoms with Gasteiger partial charge in [0.2, 0.25) is 10.0 Å². The van der Waals surface area contributed by atoms with E-state index in [0.717, 1.165) is 10.6 Å². The maximum Gasteiger partial charge on any atom is 0.267 e. The van der Waals surface area contributed by atoms with Crippen LogP contribution in [0.15, 0.2) is 40.9 Å². The van der Waals surface area contributed by atoms with Gasteiger partial charge in [-0.25, -0.2) is 12.8 Å². The van der Waals surface area contributed by atoms with Crippen LogP contribution >= 0.6 is 27.5 Å². The number of sulfonamides is 1. The molecule has 1 aliphatic heterocycles. The zero-order chi connectivity index (χ0) is 19.1. The highest BCUT2D eigenvalue weighted by atomic mass is 79.9. The Morgan fingerprint density at radius 1 is 1.35 bits per heavy atom. The van der Waals surface area contributed by atoms with Crippen molar-refractivity contribution in [3.63, 3.8) is 0 Å². The number of hydrogen-bond donors (Lipinski definition) is 1. The molecule has 2 aromatic rings. The van der Waals surface area contributed by atoms with Crippen LogP contribution < -0.4 is 14.4 Å². The molecular weight excluding hydrogens is 451 g/mol. The van der Waals surface area contributed by atoms with E-state index in [1.54, 1.807) is 6.07 Å². The van der Waals surface area contributed by atoms with Crippen LogP contribution in [0.3, 0.4) is 0 Å². The molecule has 0 saturated heterocycles. The van der Waals surface area contributed by atoms with Crippen LogP contribution in [0, 0.1) is 5.82 Å². The van der Waals surface area contributed by atoms with Crippen LogP contribution in [-0.2, 0) is 14.8 Å². The summed E-state index contributed by atoms with van der Waals surface area (Å²) in [5, 5.41) is 2.75. The van der Waals surface area contributed by atoms with Gasteiger partial charge in [-0.1, -0.05) is 27.5 Å². The van der Waals surface area contributed by atoms with Gasteiger partial charge in [0, 0.05) is 9.50 Å². The molecule has 2 aromatic carbocycles. The number of carbonyl (C=O) groups is 1. The third kappa shape index (κ3) is 3.94. The number of carbonyl (C=O) groups excluding carboxylic acids is 1. The summed E-state index contributed by atoms with van der Waals surface area (Å²) in [6.07, 6.45) is -0.131. The molecule has 0 bridgehead atoms. The molecule has 1 atom stereocenters. The van der Waals surface area contributed by atoms with Crippen LogP contribution in [-0.4, -0.2) is 33.2 Å². The lowest BCUT2D eigenvalue weighted by Gasteiger charge is -2.34. The second-order valence-electron chi connectivity index (χ2n) is 5.63. The van der Waals surface area contributed by atoms with E-state index in [1.165, 1.54) is 30.3 Å². The van der Waals surface area contributed by atoms with Crippen molar-refractivity contribution in [2.45, 2.75) is 6.10 Å². The molecule has 0 unspecified atom stereocenters. The minimum absolute atomic E-state index is 0.0328. The van der Waals surface area contributed by atoms with Gasteiger partial charge in [-0.3, -0.25) is 9.10 Å². The number of anilines is 2. The van der Waals surface area contributed by atoms with E-state index in [1.807, 2.05) is 0 Å². The summed E-state index contributed by atoms with van der Waals surface area (Å²) in [7, 11) is -3.67. The molecule has 10 heteroatoms. The fourth-order valence-corrected chi connectivity index (χ4v) is 3.88. The fourth-order valence-electron chi connectivity index (χ4n) is 2.48. The number of nitrogens with zero attached hydrogens (tertiary/aromatic N) is 1. The van der Waals surface area contributed by atoms with Gasteiger partial charge in [0.25, 0.3) is 5.91 Å². The topological polar surface area (TPSA) is 75.7 Å². The Hall–Kier alpha value is -1.84. The smallest absolute Gasteiger partial charge is 0.267 e. The maximum absolute atomic E-state index is 13.9. The minimum Gasteiger partial charge on any atom is -0.476 e. The molecule has 1 aliphatic rings. The highest BCUT2D eigenvalue weighted by molar-refractivity contribution is 9.10. The minimum atomic E-state index is -3.67. The van der Waals surface area contributed by atoms with E-state index in [0.29, 0.717) is 9.50 Å². The molecule has 0 radical (unpaired) electrons. The molecule has 3 rings (SSSR count). The Balaban J connectivity index is 1.89. The first-order chi connectivity index (χ1) is 12.1. The lowest BCUT2D eigenvalue weighted by Crippen LogP contribution is -2.48. The number of rotatable bonds is 3. The Bertz CT molecular complexity index is 986. The summed E-state index contributed by atoms with van der Waals surface area (Å²) in [5.74, 6) is -1.10. The Morgan fingerprint density at radius 3 is 2.73 bits per heavy atom. The number of hydrogen-bond acceptors (Lipinski definition) is 4. The Morgan fingerprint density at radius 2 is 2.08 bits per heavy atom. The van der Waals surface area contributed by atoms with Crippen molar-refractivity contribution in [3.8, 4) is 5.75 Å². The zero-order valence-electron chi connectivity index (χ0n) is 13.4. The van der Waals surface area contributed by atoms with Crippen molar-refractivity contribution < 1.29 is 22.3 Å². The second kappa shape index (κ2) is 7.05. The van der Waals surface area contributed by atoms with Crippen LogP contribution in [0.2, 0.25) is 5.02 Å². The average Bonchev–Trinajstić information content (AvgIpc) is 2.55. The normalized spacial score (nSPS) is 16.6. The van der Waals surface area contributed by atoms with Crippen molar-refractivity contribution in [2.24, 2.45) is 0 Å². The second-order valence-corrected chi connectivity index (χ2v) is 8.88. The summed E-state index contributed by atoms with van der Waals surface area (Å²) < 4.78 is 45.3. The van der Waals surface area contributed by atoms with Gasteiger partial charge in [-0.2, -0.15) is 0 Å². The summed E-state index contributed by atoms with van der Waals surface area (Å²) in [5.41, 5.74) is 0.216. The highest BCUT2D eigenvalue weighted by Crippen LogP contribution is 2.37. The lowest BCUT2D eigenvalue weighted by atomic mass is 10.2. The maximum atomic E-state index is 13.9. The number of fused-ring (bicyclic) bond motifs is 1. The monoisotopic (exact) mass is 462 g/mol. The molecule has 138 valence electrons. The molecule has 0 saturated carbocycles. The molecule has 1 amide bonds. The molecule has 0 fully saturated rings. The number of amides is 1. The Kier molecular flexibility index (Phi) is 5.14. The molecular formula is C16H13BrClFN2O4S. The van der Waals surface area contributed by atoms with Gasteiger partial charge in [0.1, 0.15) is 11.6 Å². The predicted octanol–water partition coefficient (Wildman–Crippen LogP) is 3.41. The molecule has 26 heavy (non-hydrogen) atoms. The number of halogens is 3. The third-order valence-corrected chi connectivity index (χ3v) is 5.55. The van der Waals surface area contributed by atoms with Crippen LogP contribution in [0.4, 0.5) is 15.8 Å². The fraction of sp³-hybridized carbons (Fsp3) is 0.188. The van der Waals surface area contributed by atoms with Crippen molar-refractivity contribution >= 4 is 54.8 Å². The van der Waals surface area contributed by atoms with Gasteiger partial charge in [0.05, 0.1) is 24.2 Å². The van der Waals surface area contributed by atoms with E-state index in [4.69, 9.17) is 16.3 Å². The molecule has 0 spiro atoms. The lowest BCUT2D eigenvalue weighted by molar-refractivity contribution is -0.122. The SMILES string of the molecule is CS(=O)(=O)N1C[C@@H](C(=O)Nc2ccc(Br)cc2F)Oc2ccc(Cl)cc21. The van der Waals surface area contributed by atoms with Crippen LogP contribution in [0.5, 0.6) is 5.75 Å². The standard InChI is InChI=1S/C16H13BrClFN2O4S/c1-26(23,24)21-8-15(25-14-5-3-10(18)7-13(14)21)16(22)20-12-4-2-9(17)6-11(12)19/h2-7,15H,8H2,1H3,(H,20,22)/t15-/m0/s1. The summed E-state index contributed by atoms with van der Waals surface area (Å²) in [4.78, 5) is 12.5. The molecule has 0 aromatic heterocycles. The van der Waals surface area contributed by atoms with E-state index >= 15 is 0 Å². The van der Waals surface area contributed by atoms with E-state index < -0.39 is 27.9 Å². The van der Waals surface area contributed by atoms with E-state index in [2.05, 4.69) is 21.2 Å². The summed E-state index contributed by atoms with van der Waals surface area (Å²) in [6.45, 7) is -0.254. The summed E-state index contributed by atoms with van der Waals surface area (Å²) in [6, 6.07) is 8.62. The first-order valence-electron chi connectivity index (χ1n) is 7.35. The number of ether oxygens (including phenoxy) is 1. The van der Waals surface area contributed by atoms with Crippen LogP contribution in [0.1, 0.15) is 0 Å². The average molecular weight is 464 g/mol. The molecule has 0 aliphatic carbocycles. The highest BCUT2D eigenvalue weighted by Gasteiger charge is 2.35. The predicted molar refractivity (Wildman–Crippen MR) is 101 cm³/mol.